The van der Waals surface area contributed by atoms with Crippen molar-refractivity contribution in [3.8, 4) is 0 Å². The first-order valence-electron chi connectivity index (χ1n) is 6.95. The SMILES string of the molecule is O=c1[nH]c2cc(C(F)(F)F)ccc2n1CC1CCCNC1. The second kappa shape index (κ2) is 5.22. The number of imidazole rings is 1. The summed E-state index contributed by atoms with van der Waals surface area (Å²) in [6.45, 7) is 2.34. The average Bonchev–Trinajstić information content (AvgIpc) is 2.75. The van der Waals surface area contributed by atoms with Crippen LogP contribution in [0.5, 0.6) is 0 Å². The molecule has 0 radical (unpaired) electrons. The van der Waals surface area contributed by atoms with Crippen molar-refractivity contribution in [1.82, 2.24) is 14.9 Å². The van der Waals surface area contributed by atoms with E-state index >= 15 is 0 Å². The molecule has 3 rings (SSSR count). The van der Waals surface area contributed by atoms with Gasteiger partial charge in [0.05, 0.1) is 16.6 Å². The molecule has 0 saturated carbocycles. The Bertz CT molecular complexity index is 696. The van der Waals surface area contributed by atoms with Crippen molar-refractivity contribution < 1.29 is 13.2 Å². The minimum absolute atomic E-state index is 0.235. The summed E-state index contributed by atoms with van der Waals surface area (Å²) in [5.74, 6) is 0.331. The third-order valence-corrected chi connectivity index (χ3v) is 3.94. The molecule has 0 spiro atoms. The van der Waals surface area contributed by atoms with E-state index in [1.807, 2.05) is 0 Å². The lowest BCUT2D eigenvalue weighted by Gasteiger charge is -2.22. The van der Waals surface area contributed by atoms with Crippen LogP contribution in [0.25, 0.3) is 11.0 Å². The molecule has 2 aromatic rings. The maximum atomic E-state index is 12.7. The van der Waals surface area contributed by atoms with Gasteiger partial charge in [0.25, 0.3) is 0 Å². The van der Waals surface area contributed by atoms with Crippen LogP contribution in [-0.2, 0) is 12.7 Å². The van der Waals surface area contributed by atoms with Crippen molar-refractivity contribution >= 4 is 11.0 Å². The van der Waals surface area contributed by atoms with Gasteiger partial charge in [-0.05, 0) is 50.0 Å². The van der Waals surface area contributed by atoms with Crippen LogP contribution in [0.3, 0.4) is 0 Å². The standard InChI is InChI=1S/C14H16F3N3O/c15-14(16,17)10-3-4-12-11(6-10)19-13(21)20(12)8-9-2-1-5-18-7-9/h3-4,6,9,18H,1-2,5,7-8H2,(H,19,21). The topological polar surface area (TPSA) is 49.8 Å². The molecular formula is C14H16F3N3O. The summed E-state index contributed by atoms with van der Waals surface area (Å²) < 4.78 is 39.6. The van der Waals surface area contributed by atoms with Crippen LogP contribution in [-0.4, -0.2) is 22.6 Å². The lowest BCUT2D eigenvalue weighted by molar-refractivity contribution is -0.137. The molecule has 4 nitrogen and oxygen atoms in total. The Hall–Kier alpha value is -1.76. The number of fused-ring (bicyclic) bond motifs is 1. The fraction of sp³-hybridized carbons (Fsp3) is 0.500. The zero-order chi connectivity index (χ0) is 15.0. The van der Waals surface area contributed by atoms with Crippen LogP contribution in [0, 0.1) is 5.92 Å². The quantitative estimate of drug-likeness (QED) is 0.894. The first-order valence-corrected chi connectivity index (χ1v) is 6.95. The maximum absolute atomic E-state index is 12.7. The molecule has 0 amide bonds. The first kappa shape index (κ1) is 14.2. The lowest BCUT2D eigenvalue weighted by atomic mass is 9.99. The summed E-state index contributed by atoms with van der Waals surface area (Å²) in [4.78, 5) is 14.5. The molecule has 21 heavy (non-hydrogen) atoms. The molecular weight excluding hydrogens is 283 g/mol. The molecule has 0 aliphatic carbocycles. The first-order chi connectivity index (χ1) is 9.95. The van der Waals surface area contributed by atoms with Gasteiger partial charge in [-0.25, -0.2) is 4.79 Å². The van der Waals surface area contributed by atoms with Gasteiger partial charge in [0.2, 0.25) is 0 Å². The fourth-order valence-electron chi connectivity index (χ4n) is 2.86. The van der Waals surface area contributed by atoms with Crippen LogP contribution < -0.4 is 11.0 Å². The second-order valence-electron chi connectivity index (χ2n) is 5.48. The normalized spacial score (nSPS) is 20.0. The highest BCUT2D eigenvalue weighted by atomic mass is 19.4. The highest BCUT2D eigenvalue weighted by Gasteiger charge is 2.31. The number of alkyl halides is 3. The zero-order valence-corrected chi connectivity index (χ0v) is 11.3. The fourth-order valence-corrected chi connectivity index (χ4v) is 2.86. The molecule has 1 aliphatic rings. The third kappa shape index (κ3) is 2.83. The Kier molecular flexibility index (Phi) is 3.52. The number of aromatic amines is 1. The van der Waals surface area contributed by atoms with E-state index in [1.165, 1.54) is 10.6 Å². The number of halogens is 3. The van der Waals surface area contributed by atoms with E-state index in [4.69, 9.17) is 0 Å². The van der Waals surface area contributed by atoms with Crippen molar-refractivity contribution in [3.05, 3.63) is 34.2 Å². The van der Waals surface area contributed by atoms with Gasteiger partial charge < -0.3 is 10.3 Å². The molecule has 1 fully saturated rings. The number of piperidine rings is 1. The van der Waals surface area contributed by atoms with Gasteiger partial charge >= 0.3 is 11.9 Å². The van der Waals surface area contributed by atoms with Gasteiger partial charge in [0.15, 0.2) is 0 Å². The van der Waals surface area contributed by atoms with E-state index in [-0.39, 0.29) is 11.2 Å². The highest BCUT2D eigenvalue weighted by molar-refractivity contribution is 5.76. The Morgan fingerprint density at radius 1 is 1.33 bits per heavy atom. The van der Waals surface area contributed by atoms with Gasteiger partial charge in [0, 0.05) is 6.54 Å². The molecule has 2 N–H and O–H groups in total. The summed E-state index contributed by atoms with van der Waals surface area (Å²) >= 11 is 0. The number of benzene rings is 1. The summed E-state index contributed by atoms with van der Waals surface area (Å²) in [6.07, 6.45) is -2.33. The van der Waals surface area contributed by atoms with Gasteiger partial charge in [-0.15, -0.1) is 0 Å². The van der Waals surface area contributed by atoms with Gasteiger partial charge in [-0.1, -0.05) is 0 Å². The predicted molar refractivity (Wildman–Crippen MR) is 73.2 cm³/mol. The minimum Gasteiger partial charge on any atom is -0.316 e. The van der Waals surface area contributed by atoms with E-state index in [0.29, 0.717) is 18.0 Å². The second-order valence-corrected chi connectivity index (χ2v) is 5.48. The number of aromatic nitrogens is 2. The molecule has 1 aliphatic heterocycles. The van der Waals surface area contributed by atoms with Crippen LogP contribution >= 0.6 is 0 Å². The third-order valence-electron chi connectivity index (χ3n) is 3.94. The monoisotopic (exact) mass is 299 g/mol. The van der Waals surface area contributed by atoms with Gasteiger partial charge in [-0.2, -0.15) is 13.2 Å². The van der Waals surface area contributed by atoms with E-state index in [0.717, 1.165) is 38.1 Å². The van der Waals surface area contributed by atoms with E-state index in [1.54, 1.807) is 0 Å². The summed E-state index contributed by atoms with van der Waals surface area (Å²) in [6, 6.07) is 3.38. The smallest absolute Gasteiger partial charge is 0.316 e. The van der Waals surface area contributed by atoms with Crippen LogP contribution in [0.2, 0.25) is 0 Å². The van der Waals surface area contributed by atoms with Crippen LogP contribution in [0.4, 0.5) is 13.2 Å². The number of hydrogen-bond acceptors (Lipinski definition) is 2. The molecule has 2 heterocycles. The molecule has 1 unspecified atom stereocenters. The van der Waals surface area contributed by atoms with Crippen molar-refractivity contribution in [3.63, 3.8) is 0 Å². The van der Waals surface area contributed by atoms with E-state index < -0.39 is 11.7 Å². The summed E-state index contributed by atoms with van der Waals surface area (Å²) in [5, 5.41) is 3.27. The lowest BCUT2D eigenvalue weighted by Crippen LogP contribution is -2.34. The number of rotatable bonds is 2. The predicted octanol–water partition coefficient (Wildman–Crippen LogP) is 2.35. The zero-order valence-electron chi connectivity index (χ0n) is 11.3. The molecule has 1 aromatic heterocycles. The van der Waals surface area contributed by atoms with Crippen molar-refractivity contribution in [2.45, 2.75) is 25.6 Å². The van der Waals surface area contributed by atoms with E-state index in [9.17, 15) is 18.0 Å². The minimum atomic E-state index is -4.40. The Labute approximate surface area is 119 Å². The number of hydrogen-bond donors (Lipinski definition) is 2. The van der Waals surface area contributed by atoms with Crippen molar-refractivity contribution in [2.24, 2.45) is 5.92 Å². The van der Waals surface area contributed by atoms with Crippen molar-refractivity contribution in [2.75, 3.05) is 13.1 Å². The molecule has 1 aromatic carbocycles. The molecule has 1 saturated heterocycles. The van der Waals surface area contributed by atoms with Crippen LogP contribution in [0.1, 0.15) is 18.4 Å². The van der Waals surface area contributed by atoms with E-state index in [2.05, 4.69) is 10.3 Å². The average molecular weight is 299 g/mol. The number of H-pyrrole nitrogens is 1. The van der Waals surface area contributed by atoms with Gasteiger partial charge in [0.1, 0.15) is 0 Å². The molecule has 1 atom stereocenters. The highest BCUT2D eigenvalue weighted by Crippen LogP contribution is 2.30. The Balaban J connectivity index is 1.95. The largest absolute Gasteiger partial charge is 0.416 e. The Morgan fingerprint density at radius 2 is 2.14 bits per heavy atom. The summed E-state index contributed by atoms with van der Waals surface area (Å²) in [5.41, 5.74) is -0.338. The molecule has 114 valence electrons. The summed E-state index contributed by atoms with van der Waals surface area (Å²) in [7, 11) is 0. The molecule has 7 heteroatoms. The molecule has 0 bridgehead atoms. The van der Waals surface area contributed by atoms with Gasteiger partial charge in [-0.3, -0.25) is 4.57 Å². The number of nitrogens with zero attached hydrogens (tertiary/aromatic N) is 1. The Morgan fingerprint density at radius 3 is 2.81 bits per heavy atom. The van der Waals surface area contributed by atoms with Crippen molar-refractivity contribution in [1.29, 1.82) is 0 Å². The maximum Gasteiger partial charge on any atom is 0.416 e. The number of nitrogens with one attached hydrogen (secondary N) is 2. The van der Waals surface area contributed by atoms with Crippen LogP contribution in [0.15, 0.2) is 23.0 Å².